The van der Waals surface area contributed by atoms with Crippen LogP contribution in [0.3, 0.4) is 0 Å². The summed E-state index contributed by atoms with van der Waals surface area (Å²) in [5.74, 6) is 0.844. The van der Waals surface area contributed by atoms with Gasteiger partial charge in [0.1, 0.15) is 17.1 Å². The van der Waals surface area contributed by atoms with E-state index in [1.54, 1.807) is 0 Å². The van der Waals surface area contributed by atoms with Gasteiger partial charge in [0.15, 0.2) is 6.61 Å². The minimum Gasteiger partial charge on any atom is -0.495 e. The van der Waals surface area contributed by atoms with E-state index in [4.69, 9.17) is 6.42 Å². The van der Waals surface area contributed by atoms with Crippen LogP contribution in [-0.2, 0) is 6.18 Å². The normalized spacial score (nSPS) is 11.9. The fourth-order valence-corrected chi connectivity index (χ4v) is 1.33. The summed E-state index contributed by atoms with van der Waals surface area (Å²) in [6.07, 6.45) is -4.42. The zero-order valence-electron chi connectivity index (χ0n) is 10.0. The topological polar surface area (TPSA) is 18.5 Å². The first kappa shape index (κ1) is 16.0. The summed E-state index contributed by atoms with van der Waals surface area (Å²) in [6.45, 7) is -1.76. The summed E-state index contributed by atoms with van der Waals surface area (Å²) in [5.41, 5.74) is -1.53. The zero-order chi connectivity index (χ0) is 15.6. The van der Waals surface area contributed by atoms with Gasteiger partial charge in [-0.25, -0.2) is 0 Å². The highest BCUT2D eigenvalue weighted by Gasteiger charge is 2.34. The molecule has 0 N–H and O–H groups in total. The molecule has 0 unspecified atom stereocenters. The Morgan fingerprint density at radius 2 is 1.65 bits per heavy atom. The van der Waals surface area contributed by atoms with Crippen LogP contribution < -0.4 is 9.47 Å². The second-order valence-corrected chi connectivity index (χ2v) is 3.60. The predicted molar refractivity (Wildman–Crippen MR) is 57.5 cm³/mol. The van der Waals surface area contributed by atoms with E-state index in [-0.39, 0.29) is 11.3 Å². The van der Waals surface area contributed by atoms with E-state index < -0.39 is 30.3 Å². The molecule has 0 fully saturated rings. The average Bonchev–Trinajstić information content (AvgIpc) is 2.32. The van der Waals surface area contributed by atoms with Gasteiger partial charge in [0, 0.05) is 0 Å². The van der Waals surface area contributed by atoms with Crippen molar-refractivity contribution < 1.29 is 35.8 Å². The Labute approximate surface area is 110 Å². The van der Waals surface area contributed by atoms with Gasteiger partial charge < -0.3 is 9.47 Å². The van der Waals surface area contributed by atoms with Crippen LogP contribution in [0.5, 0.6) is 11.5 Å². The standard InChI is InChI=1S/C12H8F6O2/c1-3-8-9(19-2)4-7(12(16,17)18)5-10(8)20-6-11(13,14)15/h1,4-5H,6H2,2H3. The number of rotatable bonds is 3. The first-order chi connectivity index (χ1) is 9.08. The van der Waals surface area contributed by atoms with Crippen molar-refractivity contribution in [2.24, 2.45) is 0 Å². The van der Waals surface area contributed by atoms with Gasteiger partial charge in [-0.3, -0.25) is 0 Å². The number of methoxy groups -OCH3 is 1. The molecule has 0 aromatic heterocycles. The summed E-state index contributed by atoms with van der Waals surface area (Å²) in [6, 6.07) is 0.999. The van der Waals surface area contributed by atoms with Gasteiger partial charge in [-0.2, -0.15) is 26.3 Å². The van der Waals surface area contributed by atoms with Gasteiger partial charge in [0.25, 0.3) is 0 Å². The summed E-state index contributed by atoms with van der Waals surface area (Å²) in [4.78, 5) is 0. The fraction of sp³-hybridized carbons (Fsp3) is 0.333. The zero-order valence-corrected chi connectivity index (χ0v) is 10.0. The molecule has 1 aromatic rings. The molecule has 0 saturated carbocycles. The Morgan fingerprint density at radius 1 is 1.10 bits per heavy atom. The Hall–Kier alpha value is -2.04. The largest absolute Gasteiger partial charge is 0.495 e. The minimum atomic E-state index is -4.77. The van der Waals surface area contributed by atoms with Gasteiger partial charge in [-0.1, -0.05) is 5.92 Å². The molecule has 0 atom stereocenters. The molecule has 0 saturated heterocycles. The van der Waals surface area contributed by atoms with Crippen molar-refractivity contribution in [1.82, 2.24) is 0 Å². The maximum absolute atomic E-state index is 12.6. The monoisotopic (exact) mass is 298 g/mol. The molecule has 0 aliphatic rings. The summed E-state index contributed by atoms with van der Waals surface area (Å²) in [5, 5.41) is 0. The Balaban J connectivity index is 3.29. The third-order valence-corrected chi connectivity index (χ3v) is 2.15. The van der Waals surface area contributed by atoms with E-state index in [0.717, 1.165) is 7.11 Å². The highest BCUT2D eigenvalue weighted by molar-refractivity contribution is 5.57. The van der Waals surface area contributed by atoms with E-state index in [1.807, 2.05) is 5.92 Å². The predicted octanol–water partition coefficient (Wildman–Crippen LogP) is 3.64. The fourth-order valence-electron chi connectivity index (χ4n) is 1.33. The molecule has 1 aromatic carbocycles. The molecule has 0 spiro atoms. The third kappa shape index (κ3) is 3.98. The summed E-state index contributed by atoms with van der Waals surface area (Å²) >= 11 is 0. The molecule has 0 heterocycles. The quantitative estimate of drug-likeness (QED) is 0.626. The van der Waals surface area contributed by atoms with E-state index in [9.17, 15) is 26.3 Å². The molecular weight excluding hydrogens is 290 g/mol. The van der Waals surface area contributed by atoms with Crippen LogP contribution in [0.25, 0.3) is 0 Å². The van der Waals surface area contributed by atoms with Crippen LogP contribution >= 0.6 is 0 Å². The molecule has 0 radical (unpaired) electrons. The number of halogens is 6. The third-order valence-electron chi connectivity index (χ3n) is 2.15. The first-order valence-corrected chi connectivity index (χ1v) is 5.04. The molecule has 0 aliphatic carbocycles. The first-order valence-electron chi connectivity index (χ1n) is 5.04. The minimum absolute atomic E-state index is 0.315. The van der Waals surface area contributed by atoms with Gasteiger partial charge in [0.05, 0.1) is 12.7 Å². The lowest BCUT2D eigenvalue weighted by molar-refractivity contribution is -0.153. The van der Waals surface area contributed by atoms with Crippen LogP contribution in [0.2, 0.25) is 0 Å². The molecule has 110 valence electrons. The van der Waals surface area contributed by atoms with E-state index in [0.29, 0.717) is 12.1 Å². The average molecular weight is 298 g/mol. The Bertz CT molecular complexity index is 524. The van der Waals surface area contributed by atoms with Crippen LogP contribution in [0, 0.1) is 12.3 Å². The van der Waals surface area contributed by atoms with Crippen molar-refractivity contribution in [2.45, 2.75) is 12.4 Å². The lowest BCUT2D eigenvalue weighted by Crippen LogP contribution is -2.20. The van der Waals surface area contributed by atoms with Crippen molar-refractivity contribution in [3.8, 4) is 23.8 Å². The molecule has 1 rings (SSSR count). The van der Waals surface area contributed by atoms with E-state index in [2.05, 4.69) is 9.47 Å². The summed E-state index contributed by atoms with van der Waals surface area (Å²) < 4.78 is 83.0. The lowest BCUT2D eigenvalue weighted by atomic mass is 10.1. The van der Waals surface area contributed by atoms with Crippen molar-refractivity contribution >= 4 is 0 Å². The van der Waals surface area contributed by atoms with Gasteiger partial charge in [-0.15, -0.1) is 6.42 Å². The van der Waals surface area contributed by atoms with Crippen molar-refractivity contribution in [3.63, 3.8) is 0 Å². The highest BCUT2D eigenvalue weighted by atomic mass is 19.4. The number of alkyl halides is 6. The Kier molecular flexibility index (Phi) is 4.43. The molecule has 2 nitrogen and oxygen atoms in total. The molecular formula is C12H8F6O2. The maximum atomic E-state index is 12.6. The summed E-state index contributed by atoms with van der Waals surface area (Å²) in [7, 11) is 1.05. The second kappa shape index (κ2) is 5.53. The Morgan fingerprint density at radius 3 is 2.05 bits per heavy atom. The molecule has 0 aliphatic heterocycles. The van der Waals surface area contributed by atoms with E-state index in [1.165, 1.54) is 0 Å². The van der Waals surface area contributed by atoms with E-state index >= 15 is 0 Å². The number of ether oxygens (including phenoxy) is 2. The number of hydrogen-bond acceptors (Lipinski definition) is 2. The van der Waals surface area contributed by atoms with Crippen LogP contribution in [0.1, 0.15) is 11.1 Å². The molecule has 0 bridgehead atoms. The number of terminal acetylenes is 1. The van der Waals surface area contributed by atoms with Crippen molar-refractivity contribution in [3.05, 3.63) is 23.3 Å². The van der Waals surface area contributed by atoms with Crippen LogP contribution in [-0.4, -0.2) is 19.9 Å². The SMILES string of the molecule is C#Cc1c(OC)cc(C(F)(F)F)cc1OCC(F)(F)F. The van der Waals surface area contributed by atoms with Gasteiger partial charge >= 0.3 is 12.4 Å². The van der Waals surface area contributed by atoms with Crippen LogP contribution in [0.4, 0.5) is 26.3 Å². The maximum Gasteiger partial charge on any atom is 0.422 e. The van der Waals surface area contributed by atoms with Gasteiger partial charge in [0.2, 0.25) is 0 Å². The lowest BCUT2D eigenvalue weighted by Gasteiger charge is -2.16. The molecule has 0 amide bonds. The smallest absolute Gasteiger partial charge is 0.422 e. The number of benzene rings is 1. The number of hydrogen-bond donors (Lipinski definition) is 0. The van der Waals surface area contributed by atoms with Crippen molar-refractivity contribution in [2.75, 3.05) is 13.7 Å². The highest BCUT2D eigenvalue weighted by Crippen LogP contribution is 2.38. The van der Waals surface area contributed by atoms with Gasteiger partial charge in [-0.05, 0) is 12.1 Å². The molecule has 20 heavy (non-hydrogen) atoms. The van der Waals surface area contributed by atoms with Crippen LogP contribution in [0.15, 0.2) is 12.1 Å². The molecule has 8 heteroatoms. The van der Waals surface area contributed by atoms with Crippen molar-refractivity contribution in [1.29, 1.82) is 0 Å². The second-order valence-electron chi connectivity index (χ2n) is 3.60.